The number of likely N-dealkylation sites (tertiary alicyclic amines) is 1. The third kappa shape index (κ3) is 4.83. The first-order chi connectivity index (χ1) is 15.6. The van der Waals surface area contributed by atoms with Gasteiger partial charge in [0.05, 0.1) is 40.2 Å². The summed E-state index contributed by atoms with van der Waals surface area (Å²) < 4.78 is 22.0. The summed E-state index contributed by atoms with van der Waals surface area (Å²) in [5, 5.41) is 0. The lowest BCUT2D eigenvalue weighted by molar-refractivity contribution is 0.122. The van der Waals surface area contributed by atoms with Crippen molar-refractivity contribution in [1.29, 1.82) is 0 Å². The maximum absolute atomic E-state index is 12.4. The van der Waals surface area contributed by atoms with Crippen molar-refractivity contribution in [1.82, 2.24) is 14.9 Å². The molecule has 9 nitrogen and oxygen atoms in total. The number of hydrogen-bond acceptors (Lipinski definition) is 8. The molecule has 4 rings (SSSR count). The van der Waals surface area contributed by atoms with E-state index in [0.717, 1.165) is 56.8 Å². The van der Waals surface area contributed by atoms with Crippen LogP contribution >= 0.6 is 0 Å². The van der Waals surface area contributed by atoms with Crippen LogP contribution in [0.3, 0.4) is 0 Å². The van der Waals surface area contributed by atoms with Crippen molar-refractivity contribution in [3.63, 3.8) is 0 Å². The van der Waals surface area contributed by atoms with E-state index in [4.69, 9.17) is 23.9 Å². The average Bonchev–Trinajstić information content (AvgIpc) is 2.84. The van der Waals surface area contributed by atoms with E-state index in [9.17, 15) is 4.79 Å². The number of ether oxygens (including phenoxy) is 4. The predicted molar refractivity (Wildman–Crippen MR) is 121 cm³/mol. The fraction of sp³-hybridized carbons (Fsp3) is 0.565. The number of nitrogens with zero attached hydrogens (tertiary/aromatic N) is 3. The number of aromatic nitrogens is 2. The molecule has 1 aromatic heterocycles. The lowest BCUT2D eigenvalue weighted by atomic mass is 9.94. The van der Waals surface area contributed by atoms with E-state index >= 15 is 0 Å². The first-order valence-corrected chi connectivity index (χ1v) is 11.1. The Kier molecular flexibility index (Phi) is 7.16. The highest BCUT2D eigenvalue weighted by Crippen LogP contribution is 2.40. The van der Waals surface area contributed by atoms with Gasteiger partial charge in [-0.1, -0.05) is 6.07 Å². The van der Waals surface area contributed by atoms with Crippen molar-refractivity contribution >= 4 is 5.95 Å². The van der Waals surface area contributed by atoms with Crippen molar-refractivity contribution < 1.29 is 18.9 Å². The fourth-order valence-electron chi connectivity index (χ4n) is 4.57. The van der Waals surface area contributed by atoms with Crippen LogP contribution in [0.2, 0.25) is 0 Å². The minimum atomic E-state index is -0.102. The van der Waals surface area contributed by atoms with E-state index in [1.54, 1.807) is 27.4 Å². The van der Waals surface area contributed by atoms with Gasteiger partial charge in [-0.25, -0.2) is 4.98 Å². The number of hydrogen-bond donors (Lipinski definition) is 1. The Morgan fingerprint density at radius 3 is 2.59 bits per heavy atom. The summed E-state index contributed by atoms with van der Waals surface area (Å²) in [6.07, 6.45) is 2.06. The Balaban J connectivity index is 1.52. The summed E-state index contributed by atoms with van der Waals surface area (Å²) in [4.78, 5) is 24.6. The lowest BCUT2D eigenvalue weighted by Gasteiger charge is -2.33. The predicted octanol–water partition coefficient (Wildman–Crippen LogP) is 2.01. The molecule has 0 spiro atoms. The zero-order valence-corrected chi connectivity index (χ0v) is 19.1. The molecule has 174 valence electrons. The molecule has 2 aliphatic rings. The Hall–Kier alpha value is -2.78. The van der Waals surface area contributed by atoms with Gasteiger partial charge in [0, 0.05) is 43.7 Å². The summed E-state index contributed by atoms with van der Waals surface area (Å²) in [6.45, 7) is 5.31. The van der Waals surface area contributed by atoms with Crippen LogP contribution in [0.25, 0.3) is 0 Å². The van der Waals surface area contributed by atoms with E-state index in [0.29, 0.717) is 36.4 Å². The van der Waals surface area contributed by atoms with Gasteiger partial charge in [-0.15, -0.1) is 0 Å². The Morgan fingerprint density at radius 1 is 1.09 bits per heavy atom. The van der Waals surface area contributed by atoms with Gasteiger partial charge >= 0.3 is 0 Å². The monoisotopic (exact) mass is 444 g/mol. The van der Waals surface area contributed by atoms with Crippen LogP contribution in [0.5, 0.6) is 17.2 Å². The maximum atomic E-state index is 12.4. The molecule has 3 heterocycles. The molecule has 1 aromatic carbocycles. The number of methoxy groups -OCH3 is 3. The van der Waals surface area contributed by atoms with Crippen LogP contribution in [0, 0.1) is 0 Å². The van der Waals surface area contributed by atoms with Gasteiger partial charge in [-0.3, -0.25) is 14.7 Å². The summed E-state index contributed by atoms with van der Waals surface area (Å²) in [6, 6.07) is 5.58. The number of benzene rings is 1. The molecular formula is C23H32N4O5. The van der Waals surface area contributed by atoms with Gasteiger partial charge in [-0.2, -0.15) is 0 Å². The SMILES string of the molecule is COc1ccc(CN2CCCC(c3cc(=O)[nH]c(N4CCOCC4)n3)C2)c(OC)c1OC. The fourth-order valence-corrected chi connectivity index (χ4v) is 4.57. The summed E-state index contributed by atoms with van der Waals surface area (Å²) in [5.41, 5.74) is 1.80. The van der Waals surface area contributed by atoms with Crippen LogP contribution in [0.1, 0.15) is 30.0 Å². The van der Waals surface area contributed by atoms with Crippen molar-refractivity contribution in [2.24, 2.45) is 0 Å². The third-order valence-corrected chi connectivity index (χ3v) is 6.16. The van der Waals surface area contributed by atoms with Crippen LogP contribution in [-0.2, 0) is 11.3 Å². The zero-order chi connectivity index (χ0) is 22.5. The second-order valence-corrected chi connectivity index (χ2v) is 8.16. The molecule has 32 heavy (non-hydrogen) atoms. The quantitative estimate of drug-likeness (QED) is 0.694. The average molecular weight is 445 g/mol. The Bertz CT molecular complexity index is 973. The standard InChI is InChI=1S/C23H32N4O5/c1-29-19-7-6-17(21(30-2)22(19)31-3)15-26-8-4-5-16(14-26)18-13-20(28)25-23(24-18)27-9-11-32-12-10-27/h6-7,13,16H,4-5,8-12,14-15H2,1-3H3,(H,24,25,28). The largest absolute Gasteiger partial charge is 0.493 e. The molecule has 0 radical (unpaired) electrons. The van der Waals surface area contributed by atoms with Gasteiger partial charge in [0.2, 0.25) is 11.7 Å². The van der Waals surface area contributed by atoms with Gasteiger partial charge in [0.25, 0.3) is 5.56 Å². The van der Waals surface area contributed by atoms with Crippen molar-refractivity contribution in [3.8, 4) is 17.2 Å². The van der Waals surface area contributed by atoms with Gasteiger partial charge in [0.15, 0.2) is 11.5 Å². The van der Waals surface area contributed by atoms with E-state index in [1.807, 2.05) is 12.1 Å². The molecular weight excluding hydrogens is 412 g/mol. The molecule has 0 amide bonds. The summed E-state index contributed by atoms with van der Waals surface area (Å²) in [7, 11) is 4.88. The first-order valence-electron chi connectivity index (χ1n) is 11.1. The van der Waals surface area contributed by atoms with Crippen LogP contribution in [0.4, 0.5) is 5.95 Å². The van der Waals surface area contributed by atoms with Crippen molar-refractivity contribution in [3.05, 3.63) is 39.8 Å². The second kappa shape index (κ2) is 10.2. The molecule has 2 aromatic rings. The lowest BCUT2D eigenvalue weighted by Crippen LogP contribution is -2.39. The summed E-state index contributed by atoms with van der Waals surface area (Å²) >= 11 is 0. The molecule has 0 bridgehead atoms. The minimum Gasteiger partial charge on any atom is -0.493 e. The highest BCUT2D eigenvalue weighted by molar-refractivity contribution is 5.55. The highest BCUT2D eigenvalue weighted by atomic mass is 16.5. The third-order valence-electron chi connectivity index (χ3n) is 6.16. The smallest absolute Gasteiger partial charge is 0.252 e. The normalized spacial score (nSPS) is 19.6. The molecule has 2 fully saturated rings. The van der Waals surface area contributed by atoms with Gasteiger partial charge in [0.1, 0.15) is 0 Å². The zero-order valence-electron chi connectivity index (χ0n) is 19.1. The van der Waals surface area contributed by atoms with Crippen LogP contribution < -0.4 is 24.7 Å². The number of H-pyrrole nitrogens is 1. The van der Waals surface area contributed by atoms with Crippen molar-refractivity contribution in [2.45, 2.75) is 25.3 Å². The molecule has 1 atom stereocenters. The number of anilines is 1. The van der Waals surface area contributed by atoms with E-state index in [1.165, 1.54) is 0 Å². The van der Waals surface area contributed by atoms with E-state index < -0.39 is 0 Å². The minimum absolute atomic E-state index is 0.102. The van der Waals surface area contributed by atoms with Crippen molar-refractivity contribution in [2.75, 3.05) is 65.6 Å². The number of nitrogens with one attached hydrogen (secondary N) is 1. The van der Waals surface area contributed by atoms with Crippen LogP contribution in [0.15, 0.2) is 23.0 Å². The van der Waals surface area contributed by atoms with E-state index in [-0.39, 0.29) is 11.5 Å². The molecule has 2 saturated heterocycles. The molecule has 1 N–H and O–H groups in total. The topological polar surface area (TPSA) is 89.2 Å². The molecule has 9 heteroatoms. The van der Waals surface area contributed by atoms with Gasteiger partial charge in [-0.05, 0) is 25.5 Å². The number of morpholine rings is 1. The molecule has 2 aliphatic heterocycles. The Labute approximate surface area is 188 Å². The number of piperidine rings is 1. The van der Waals surface area contributed by atoms with Crippen LogP contribution in [-0.4, -0.2) is 75.6 Å². The second-order valence-electron chi connectivity index (χ2n) is 8.16. The molecule has 0 aliphatic carbocycles. The summed E-state index contributed by atoms with van der Waals surface area (Å²) in [5.74, 6) is 2.80. The Morgan fingerprint density at radius 2 is 1.88 bits per heavy atom. The first kappa shape index (κ1) is 22.4. The molecule has 1 unspecified atom stereocenters. The van der Waals surface area contributed by atoms with Gasteiger partial charge < -0.3 is 23.8 Å². The van der Waals surface area contributed by atoms with E-state index in [2.05, 4.69) is 14.8 Å². The highest BCUT2D eigenvalue weighted by Gasteiger charge is 2.26. The maximum Gasteiger partial charge on any atom is 0.252 e. The molecule has 0 saturated carbocycles. The number of rotatable bonds is 7. The number of aromatic amines is 1.